The van der Waals surface area contributed by atoms with Crippen molar-refractivity contribution in [3.05, 3.63) is 22.8 Å². The summed E-state index contributed by atoms with van der Waals surface area (Å²) >= 11 is 3.26. The first kappa shape index (κ1) is 10.5. The molecule has 0 saturated carbocycles. The van der Waals surface area contributed by atoms with Crippen LogP contribution in [0.2, 0.25) is 0 Å². The average molecular weight is 272 g/mol. The van der Waals surface area contributed by atoms with Crippen molar-refractivity contribution in [3.8, 4) is 0 Å². The summed E-state index contributed by atoms with van der Waals surface area (Å²) in [5, 5.41) is 17.6. The normalized spacial score (nSPS) is 13.3. The molecule has 2 rings (SSSR count). The van der Waals surface area contributed by atoms with Gasteiger partial charge >= 0.3 is 0 Å². The van der Waals surface area contributed by atoms with E-state index in [1.54, 1.807) is 16.8 Å². The molecule has 0 aliphatic carbocycles. The molecule has 15 heavy (non-hydrogen) atoms. The number of hydrogen-bond acceptors (Lipinski definition) is 5. The van der Waals surface area contributed by atoms with Crippen LogP contribution in [0.1, 0.15) is 18.3 Å². The Morgan fingerprint density at radius 1 is 1.53 bits per heavy atom. The van der Waals surface area contributed by atoms with Crippen LogP contribution in [0.25, 0.3) is 5.65 Å². The second-order valence-electron chi connectivity index (χ2n) is 3.06. The standard InChI is InChI=1S/C8H10BrN5O/c9-6-8-13-12-7(5(15)1-2-10)14(8)4-3-11-6/h3-5,15H,1-2,10H2/t5-/m0/s1. The lowest BCUT2D eigenvalue weighted by Crippen LogP contribution is -2.09. The van der Waals surface area contributed by atoms with E-state index in [-0.39, 0.29) is 0 Å². The number of nitrogens with zero attached hydrogens (tertiary/aromatic N) is 4. The Balaban J connectivity index is 2.49. The maximum atomic E-state index is 9.76. The molecule has 2 aromatic rings. The van der Waals surface area contributed by atoms with E-state index in [2.05, 4.69) is 31.1 Å². The molecule has 0 aliphatic heterocycles. The summed E-state index contributed by atoms with van der Waals surface area (Å²) in [6.07, 6.45) is 3.08. The molecule has 0 saturated heterocycles. The van der Waals surface area contributed by atoms with E-state index in [9.17, 15) is 5.11 Å². The van der Waals surface area contributed by atoms with Crippen LogP contribution in [-0.2, 0) is 0 Å². The van der Waals surface area contributed by atoms with Crippen LogP contribution in [0.3, 0.4) is 0 Å². The van der Waals surface area contributed by atoms with Crippen LogP contribution in [0.4, 0.5) is 0 Å². The predicted molar refractivity (Wildman–Crippen MR) is 57.1 cm³/mol. The molecule has 0 bridgehead atoms. The van der Waals surface area contributed by atoms with Gasteiger partial charge in [0.1, 0.15) is 6.10 Å². The number of rotatable bonds is 3. The van der Waals surface area contributed by atoms with Crippen LogP contribution in [0.5, 0.6) is 0 Å². The Kier molecular flexibility index (Phi) is 2.94. The number of nitrogens with two attached hydrogens (primary N) is 1. The first-order valence-corrected chi connectivity index (χ1v) is 5.26. The molecule has 0 radical (unpaired) electrons. The summed E-state index contributed by atoms with van der Waals surface area (Å²) < 4.78 is 2.29. The lowest BCUT2D eigenvalue weighted by Gasteiger charge is -2.06. The highest BCUT2D eigenvalue weighted by atomic mass is 79.9. The maximum absolute atomic E-state index is 9.76. The van der Waals surface area contributed by atoms with Crippen molar-refractivity contribution in [2.75, 3.05) is 6.54 Å². The molecule has 0 aliphatic rings. The Labute approximate surface area is 94.3 Å². The van der Waals surface area contributed by atoms with Crippen LogP contribution in [0.15, 0.2) is 17.0 Å². The lowest BCUT2D eigenvalue weighted by molar-refractivity contribution is 0.159. The third-order valence-corrected chi connectivity index (χ3v) is 2.61. The van der Waals surface area contributed by atoms with Gasteiger partial charge in [-0.05, 0) is 28.9 Å². The van der Waals surface area contributed by atoms with Crippen molar-refractivity contribution < 1.29 is 5.11 Å². The van der Waals surface area contributed by atoms with Gasteiger partial charge in [0.15, 0.2) is 16.1 Å². The summed E-state index contributed by atoms with van der Waals surface area (Å²) in [4.78, 5) is 4.01. The van der Waals surface area contributed by atoms with Gasteiger partial charge in [-0.1, -0.05) is 0 Å². The number of halogens is 1. The molecule has 3 N–H and O–H groups in total. The molecular weight excluding hydrogens is 262 g/mol. The van der Waals surface area contributed by atoms with E-state index in [1.165, 1.54) is 0 Å². The van der Waals surface area contributed by atoms with Gasteiger partial charge in [-0.25, -0.2) is 4.98 Å². The Morgan fingerprint density at radius 2 is 2.33 bits per heavy atom. The van der Waals surface area contributed by atoms with Crippen LogP contribution in [-0.4, -0.2) is 31.2 Å². The Bertz CT molecular complexity index is 471. The van der Waals surface area contributed by atoms with Crippen molar-refractivity contribution in [3.63, 3.8) is 0 Å². The van der Waals surface area contributed by atoms with Gasteiger partial charge in [0.2, 0.25) is 0 Å². The molecule has 0 unspecified atom stereocenters. The zero-order chi connectivity index (χ0) is 10.8. The van der Waals surface area contributed by atoms with Crippen molar-refractivity contribution in [1.82, 2.24) is 19.6 Å². The zero-order valence-corrected chi connectivity index (χ0v) is 9.42. The van der Waals surface area contributed by atoms with Gasteiger partial charge in [0, 0.05) is 12.4 Å². The smallest absolute Gasteiger partial charge is 0.194 e. The minimum atomic E-state index is -0.695. The summed E-state index contributed by atoms with van der Waals surface area (Å²) in [5.41, 5.74) is 5.96. The van der Waals surface area contributed by atoms with E-state index >= 15 is 0 Å². The van der Waals surface area contributed by atoms with Crippen molar-refractivity contribution in [2.45, 2.75) is 12.5 Å². The van der Waals surface area contributed by atoms with Gasteiger partial charge in [-0.2, -0.15) is 0 Å². The van der Waals surface area contributed by atoms with Crippen LogP contribution >= 0.6 is 15.9 Å². The lowest BCUT2D eigenvalue weighted by atomic mass is 10.2. The van der Waals surface area contributed by atoms with E-state index in [0.717, 1.165) is 0 Å². The number of aliphatic hydroxyl groups is 1. The number of fused-ring (bicyclic) bond motifs is 1. The topological polar surface area (TPSA) is 89.3 Å². The third kappa shape index (κ3) is 1.85. The van der Waals surface area contributed by atoms with Crippen molar-refractivity contribution >= 4 is 21.6 Å². The van der Waals surface area contributed by atoms with Gasteiger partial charge < -0.3 is 10.8 Å². The van der Waals surface area contributed by atoms with Crippen LogP contribution in [0, 0.1) is 0 Å². The molecule has 2 aromatic heterocycles. The predicted octanol–water partition coefficient (Wildman–Crippen LogP) is 0.269. The average Bonchev–Trinajstić information content (AvgIpc) is 2.63. The van der Waals surface area contributed by atoms with Crippen LogP contribution < -0.4 is 5.73 Å². The number of hydrogen-bond donors (Lipinski definition) is 2. The van der Waals surface area contributed by atoms with E-state index in [0.29, 0.717) is 29.0 Å². The molecule has 7 heteroatoms. The molecule has 0 amide bonds. The molecule has 0 fully saturated rings. The van der Waals surface area contributed by atoms with E-state index in [4.69, 9.17) is 5.73 Å². The highest BCUT2D eigenvalue weighted by Crippen LogP contribution is 2.18. The zero-order valence-electron chi connectivity index (χ0n) is 7.84. The first-order chi connectivity index (χ1) is 7.24. The fourth-order valence-corrected chi connectivity index (χ4v) is 1.72. The number of aromatic nitrogens is 4. The minimum Gasteiger partial charge on any atom is -0.385 e. The Hall–Kier alpha value is -1.05. The van der Waals surface area contributed by atoms with Gasteiger partial charge in [-0.15, -0.1) is 10.2 Å². The van der Waals surface area contributed by atoms with E-state index < -0.39 is 6.10 Å². The van der Waals surface area contributed by atoms with Crippen molar-refractivity contribution in [2.24, 2.45) is 5.73 Å². The largest absolute Gasteiger partial charge is 0.385 e. The van der Waals surface area contributed by atoms with Crippen molar-refractivity contribution in [1.29, 1.82) is 0 Å². The molecule has 2 heterocycles. The first-order valence-electron chi connectivity index (χ1n) is 4.47. The molecule has 6 nitrogen and oxygen atoms in total. The minimum absolute atomic E-state index is 0.405. The quantitative estimate of drug-likeness (QED) is 0.837. The fourth-order valence-electron chi connectivity index (χ4n) is 1.33. The second kappa shape index (κ2) is 4.21. The van der Waals surface area contributed by atoms with Gasteiger partial charge in [0.25, 0.3) is 0 Å². The summed E-state index contributed by atoms with van der Waals surface area (Å²) in [6, 6.07) is 0. The summed E-state index contributed by atoms with van der Waals surface area (Å²) in [6.45, 7) is 0.405. The molecule has 80 valence electrons. The molecular formula is C8H10BrN5O. The maximum Gasteiger partial charge on any atom is 0.194 e. The third-order valence-electron chi connectivity index (χ3n) is 2.05. The van der Waals surface area contributed by atoms with E-state index in [1.807, 2.05) is 0 Å². The number of aliphatic hydroxyl groups excluding tert-OH is 1. The van der Waals surface area contributed by atoms with Gasteiger partial charge in [0.05, 0.1) is 0 Å². The SMILES string of the molecule is NCC[C@H](O)c1nnc2c(Br)nccn12. The summed E-state index contributed by atoms with van der Waals surface area (Å²) in [5.74, 6) is 0.485. The summed E-state index contributed by atoms with van der Waals surface area (Å²) in [7, 11) is 0. The molecule has 0 spiro atoms. The highest BCUT2D eigenvalue weighted by molar-refractivity contribution is 9.10. The monoisotopic (exact) mass is 271 g/mol. The fraction of sp³-hybridized carbons (Fsp3) is 0.375. The van der Waals surface area contributed by atoms with Gasteiger partial charge in [-0.3, -0.25) is 4.40 Å². The second-order valence-corrected chi connectivity index (χ2v) is 3.81. The molecule has 0 aromatic carbocycles. The highest BCUT2D eigenvalue weighted by Gasteiger charge is 2.15. The molecule has 1 atom stereocenters. The Morgan fingerprint density at radius 3 is 3.07 bits per heavy atom.